The lowest BCUT2D eigenvalue weighted by Gasteiger charge is -2.38. The Labute approximate surface area is 173 Å². The van der Waals surface area contributed by atoms with Crippen molar-refractivity contribution in [2.75, 3.05) is 36.4 Å². The summed E-state index contributed by atoms with van der Waals surface area (Å²) in [5.74, 6) is 0.480. The fourth-order valence-corrected chi connectivity index (χ4v) is 3.98. The minimum absolute atomic E-state index is 0.0574. The summed E-state index contributed by atoms with van der Waals surface area (Å²) in [6, 6.07) is 15.9. The molecular weight excluding hydrogens is 370 g/mol. The van der Waals surface area contributed by atoms with Gasteiger partial charge in [0.05, 0.1) is 16.8 Å². The van der Waals surface area contributed by atoms with Crippen molar-refractivity contribution in [3.8, 4) is 0 Å². The number of nitrogens with zero attached hydrogens (tertiary/aromatic N) is 2. The van der Waals surface area contributed by atoms with E-state index in [0.29, 0.717) is 5.92 Å². The fourth-order valence-electron chi connectivity index (χ4n) is 3.72. The molecule has 1 amide bonds. The van der Waals surface area contributed by atoms with E-state index < -0.39 is 0 Å². The van der Waals surface area contributed by atoms with E-state index in [2.05, 4.69) is 41.1 Å². The Morgan fingerprint density at radius 2 is 1.68 bits per heavy atom. The maximum atomic E-state index is 12.9. The molecule has 1 heterocycles. The third-order valence-electron chi connectivity index (χ3n) is 5.80. The molecule has 2 aromatic rings. The van der Waals surface area contributed by atoms with Crippen molar-refractivity contribution >= 4 is 28.9 Å². The van der Waals surface area contributed by atoms with Crippen LogP contribution in [0.25, 0.3) is 0 Å². The van der Waals surface area contributed by atoms with Gasteiger partial charge in [0, 0.05) is 31.9 Å². The molecule has 1 aliphatic rings. The SMILES string of the molecule is CC[C@H](C)c1ccccc1NC(=O)[C@H](C)N1CCN(c2ccccc2Cl)CC1. The van der Waals surface area contributed by atoms with Crippen molar-refractivity contribution in [3.63, 3.8) is 0 Å². The van der Waals surface area contributed by atoms with Crippen LogP contribution >= 0.6 is 11.6 Å². The van der Waals surface area contributed by atoms with Crippen molar-refractivity contribution in [2.45, 2.75) is 39.2 Å². The molecule has 1 saturated heterocycles. The Kier molecular flexibility index (Phi) is 6.97. The van der Waals surface area contributed by atoms with Gasteiger partial charge >= 0.3 is 0 Å². The van der Waals surface area contributed by atoms with Crippen LogP contribution in [-0.2, 0) is 4.79 Å². The van der Waals surface area contributed by atoms with Crippen LogP contribution in [0.5, 0.6) is 0 Å². The normalized spacial score (nSPS) is 17.2. The highest BCUT2D eigenvalue weighted by atomic mass is 35.5. The standard InChI is InChI=1S/C23H30ClN3O/c1-4-17(2)19-9-5-7-11-21(19)25-23(28)18(3)26-13-15-27(16-14-26)22-12-8-6-10-20(22)24/h5-12,17-18H,4,13-16H2,1-3H3,(H,25,28)/t17-,18-/m0/s1. The number of hydrogen-bond acceptors (Lipinski definition) is 3. The van der Waals surface area contributed by atoms with Crippen LogP contribution in [0.2, 0.25) is 5.02 Å². The van der Waals surface area contributed by atoms with Crippen LogP contribution in [-0.4, -0.2) is 43.0 Å². The van der Waals surface area contributed by atoms with Crippen LogP contribution in [0.4, 0.5) is 11.4 Å². The zero-order valence-electron chi connectivity index (χ0n) is 17.0. The molecule has 0 aliphatic carbocycles. The van der Waals surface area contributed by atoms with Crippen molar-refractivity contribution in [1.29, 1.82) is 0 Å². The summed E-state index contributed by atoms with van der Waals surface area (Å²) in [6.07, 6.45) is 1.05. The first kappa shape index (κ1) is 20.7. The molecule has 0 spiro atoms. The molecule has 2 atom stereocenters. The number of hydrogen-bond donors (Lipinski definition) is 1. The second-order valence-electron chi connectivity index (χ2n) is 7.54. The highest BCUT2D eigenvalue weighted by Gasteiger charge is 2.26. The number of piperazine rings is 1. The van der Waals surface area contributed by atoms with Gasteiger partial charge in [0.2, 0.25) is 5.91 Å². The number of halogens is 1. The number of rotatable bonds is 6. The molecule has 1 N–H and O–H groups in total. The predicted molar refractivity (Wildman–Crippen MR) is 118 cm³/mol. The summed E-state index contributed by atoms with van der Waals surface area (Å²) >= 11 is 6.33. The van der Waals surface area contributed by atoms with E-state index in [9.17, 15) is 4.79 Å². The van der Waals surface area contributed by atoms with E-state index in [4.69, 9.17) is 11.6 Å². The summed E-state index contributed by atoms with van der Waals surface area (Å²) in [4.78, 5) is 17.4. The number of anilines is 2. The zero-order valence-corrected chi connectivity index (χ0v) is 17.7. The van der Waals surface area contributed by atoms with E-state index in [-0.39, 0.29) is 11.9 Å². The minimum Gasteiger partial charge on any atom is -0.368 e. The Morgan fingerprint density at radius 1 is 1.04 bits per heavy atom. The molecule has 28 heavy (non-hydrogen) atoms. The smallest absolute Gasteiger partial charge is 0.241 e. The average Bonchev–Trinajstić information content (AvgIpc) is 2.73. The van der Waals surface area contributed by atoms with E-state index in [1.807, 2.05) is 43.3 Å². The number of para-hydroxylation sites is 2. The Balaban J connectivity index is 1.60. The van der Waals surface area contributed by atoms with Gasteiger partial charge in [-0.1, -0.05) is 55.8 Å². The maximum Gasteiger partial charge on any atom is 0.241 e. The summed E-state index contributed by atoms with van der Waals surface area (Å²) in [7, 11) is 0. The third kappa shape index (κ3) is 4.68. The highest BCUT2D eigenvalue weighted by molar-refractivity contribution is 6.33. The van der Waals surface area contributed by atoms with Crippen LogP contribution in [0.15, 0.2) is 48.5 Å². The summed E-state index contributed by atoms with van der Waals surface area (Å²) in [5.41, 5.74) is 3.21. The Morgan fingerprint density at radius 3 is 2.36 bits per heavy atom. The second kappa shape index (κ2) is 9.44. The van der Waals surface area contributed by atoms with Crippen LogP contribution in [0, 0.1) is 0 Å². The Hall–Kier alpha value is -2.04. The molecule has 4 nitrogen and oxygen atoms in total. The van der Waals surface area contributed by atoms with Crippen LogP contribution in [0.1, 0.15) is 38.7 Å². The molecule has 150 valence electrons. The number of nitrogens with one attached hydrogen (secondary N) is 1. The lowest BCUT2D eigenvalue weighted by atomic mass is 9.97. The van der Waals surface area contributed by atoms with Gasteiger partial charge in [0.1, 0.15) is 0 Å². The predicted octanol–water partition coefficient (Wildman–Crippen LogP) is 5.00. The van der Waals surface area contributed by atoms with Crippen molar-refractivity contribution in [3.05, 3.63) is 59.1 Å². The molecule has 5 heteroatoms. The molecule has 0 saturated carbocycles. The quantitative estimate of drug-likeness (QED) is 0.742. The minimum atomic E-state index is -0.168. The van der Waals surface area contributed by atoms with Crippen molar-refractivity contribution < 1.29 is 4.79 Å². The van der Waals surface area contributed by atoms with E-state index in [1.165, 1.54) is 5.56 Å². The van der Waals surface area contributed by atoms with Gasteiger partial charge in [-0.05, 0) is 43.0 Å². The third-order valence-corrected chi connectivity index (χ3v) is 6.12. The monoisotopic (exact) mass is 399 g/mol. The van der Waals surface area contributed by atoms with Gasteiger partial charge in [-0.2, -0.15) is 0 Å². The summed E-state index contributed by atoms with van der Waals surface area (Å²) in [5, 5.41) is 3.94. The second-order valence-corrected chi connectivity index (χ2v) is 7.94. The molecule has 2 aromatic carbocycles. The largest absolute Gasteiger partial charge is 0.368 e. The van der Waals surface area contributed by atoms with Crippen LogP contribution < -0.4 is 10.2 Å². The van der Waals surface area contributed by atoms with Crippen molar-refractivity contribution in [1.82, 2.24) is 4.90 Å². The topological polar surface area (TPSA) is 35.6 Å². The van der Waals surface area contributed by atoms with E-state index in [1.54, 1.807) is 0 Å². The molecule has 1 fully saturated rings. The van der Waals surface area contributed by atoms with E-state index in [0.717, 1.165) is 49.0 Å². The van der Waals surface area contributed by atoms with Gasteiger partial charge in [-0.15, -0.1) is 0 Å². The molecule has 3 rings (SSSR count). The first-order chi connectivity index (χ1) is 13.5. The van der Waals surface area contributed by atoms with Gasteiger partial charge in [0.25, 0.3) is 0 Å². The summed E-state index contributed by atoms with van der Waals surface area (Å²) in [6.45, 7) is 9.77. The van der Waals surface area contributed by atoms with Crippen LogP contribution in [0.3, 0.4) is 0 Å². The van der Waals surface area contributed by atoms with Crippen molar-refractivity contribution in [2.24, 2.45) is 0 Å². The lowest BCUT2D eigenvalue weighted by Crippen LogP contribution is -2.53. The molecule has 0 unspecified atom stereocenters. The van der Waals surface area contributed by atoms with E-state index >= 15 is 0 Å². The highest BCUT2D eigenvalue weighted by Crippen LogP contribution is 2.28. The molecule has 0 radical (unpaired) electrons. The molecule has 0 bridgehead atoms. The molecular formula is C23H30ClN3O. The first-order valence-corrected chi connectivity index (χ1v) is 10.5. The molecule has 1 aliphatic heterocycles. The molecule has 0 aromatic heterocycles. The van der Waals surface area contributed by atoms with Gasteiger partial charge in [-0.25, -0.2) is 0 Å². The summed E-state index contributed by atoms with van der Waals surface area (Å²) < 4.78 is 0. The average molecular weight is 400 g/mol. The number of carbonyl (C=O) groups is 1. The number of carbonyl (C=O) groups excluding carboxylic acids is 1. The number of amides is 1. The zero-order chi connectivity index (χ0) is 20.1. The van der Waals surface area contributed by atoms with Gasteiger partial charge < -0.3 is 10.2 Å². The Bertz CT molecular complexity index is 802. The lowest BCUT2D eigenvalue weighted by molar-refractivity contribution is -0.120. The first-order valence-electron chi connectivity index (χ1n) is 10.1. The number of benzene rings is 2. The van der Waals surface area contributed by atoms with Gasteiger partial charge in [0.15, 0.2) is 0 Å². The van der Waals surface area contributed by atoms with Gasteiger partial charge in [-0.3, -0.25) is 9.69 Å². The maximum absolute atomic E-state index is 12.9. The fraction of sp³-hybridized carbons (Fsp3) is 0.435.